The number of carbonyl (C=O) groups excluding carboxylic acids is 1. The fraction of sp³-hybridized carbons (Fsp3) is 0. The molecule has 0 aliphatic carbocycles. The average molecular weight is 510 g/mol. The van der Waals surface area contributed by atoms with Gasteiger partial charge in [0.25, 0.3) is 0 Å². The largest absolute Gasteiger partial charge is 0.457 e. The molecule has 0 fully saturated rings. The van der Waals surface area contributed by atoms with Crippen LogP contribution in [-0.4, -0.2) is 10.9 Å². The molecule has 5 aromatic rings. The van der Waals surface area contributed by atoms with E-state index in [1.165, 1.54) is 6.08 Å². The third-order valence-electron chi connectivity index (χ3n) is 5.01. The molecule has 0 bridgehead atoms. The van der Waals surface area contributed by atoms with E-state index >= 15 is 0 Å². The molecule has 0 aliphatic rings. The van der Waals surface area contributed by atoms with Gasteiger partial charge in [-0.25, -0.2) is 4.98 Å². The zero-order valence-corrected chi connectivity index (χ0v) is 19.7. The number of hydrogen-bond donors (Lipinski definition) is 1. The first-order valence-corrected chi connectivity index (χ1v) is 11.3. The van der Waals surface area contributed by atoms with E-state index in [0.717, 1.165) is 5.52 Å². The Morgan fingerprint density at radius 1 is 0.882 bits per heavy atom. The number of anilines is 1. The summed E-state index contributed by atoms with van der Waals surface area (Å²) < 4.78 is 11.6. The van der Waals surface area contributed by atoms with Crippen LogP contribution in [0, 0.1) is 0 Å². The van der Waals surface area contributed by atoms with Crippen LogP contribution in [0.5, 0.6) is 0 Å². The summed E-state index contributed by atoms with van der Waals surface area (Å²) in [6.07, 6.45) is 2.90. The fourth-order valence-corrected chi connectivity index (χ4v) is 3.92. The van der Waals surface area contributed by atoms with E-state index in [9.17, 15) is 4.79 Å². The molecule has 5 nitrogen and oxygen atoms in total. The average Bonchev–Trinajstić information content (AvgIpc) is 3.48. The Bertz CT molecular complexity index is 1520. The van der Waals surface area contributed by atoms with Crippen molar-refractivity contribution in [3.05, 3.63) is 99.7 Å². The van der Waals surface area contributed by atoms with Crippen LogP contribution in [0.4, 0.5) is 5.69 Å². The SMILES string of the molecule is O=C(C=Cc1ccc(-c2cccc(Cl)c2Cl)o1)Nc1cc(-c2nc3ccccc3o2)ccc1Cl. The molecule has 0 spiro atoms. The van der Waals surface area contributed by atoms with E-state index < -0.39 is 0 Å². The van der Waals surface area contributed by atoms with Gasteiger partial charge in [0.15, 0.2) is 5.58 Å². The lowest BCUT2D eigenvalue weighted by molar-refractivity contribution is -0.111. The van der Waals surface area contributed by atoms with Gasteiger partial charge in [-0.3, -0.25) is 4.79 Å². The van der Waals surface area contributed by atoms with Gasteiger partial charge in [0, 0.05) is 17.2 Å². The summed E-state index contributed by atoms with van der Waals surface area (Å²) in [6.45, 7) is 0. The van der Waals surface area contributed by atoms with Gasteiger partial charge in [-0.15, -0.1) is 0 Å². The van der Waals surface area contributed by atoms with Crippen LogP contribution in [0.25, 0.3) is 40.0 Å². The maximum Gasteiger partial charge on any atom is 0.248 e. The Hall–Kier alpha value is -3.51. The maximum absolute atomic E-state index is 12.5. The lowest BCUT2D eigenvalue weighted by Gasteiger charge is -2.06. The van der Waals surface area contributed by atoms with Gasteiger partial charge in [0.2, 0.25) is 11.8 Å². The molecule has 0 radical (unpaired) electrons. The van der Waals surface area contributed by atoms with Crippen molar-refractivity contribution in [3.63, 3.8) is 0 Å². The number of nitrogens with one attached hydrogen (secondary N) is 1. The first-order valence-electron chi connectivity index (χ1n) is 10.2. The number of oxazole rings is 1. The Labute approximate surface area is 209 Å². The molecule has 3 aromatic carbocycles. The van der Waals surface area contributed by atoms with Crippen LogP contribution < -0.4 is 5.32 Å². The van der Waals surface area contributed by atoms with Crippen molar-refractivity contribution in [2.75, 3.05) is 5.32 Å². The molecule has 0 atom stereocenters. The number of amides is 1. The molecule has 0 saturated heterocycles. The van der Waals surface area contributed by atoms with Gasteiger partial charge >= 0.3 is 0 Å². The second-order valence-corrected chi connectivity index (χ2v) is 8.50. The van der Waals surface area contributed by atoms with Crippen molar-refractivity contribution in [2.45, 2.75) is 0 Å². The van der Waals surface area contributed by atoms with E-state index in [4.69, 9.17) is 43.6 Å². The molecule has 34 heavy (non-hydrogen) atoms. The van der Waals surface area contributed by atoms with Crippen LogP contribution in [0.1, 0.15) is 5.76 Å². The first-order chi connectivity index (χ1) is 16.5. The van der Waals surface area contributed by atoms with Crippen LogP contribution >= 0.6 is 34.8 Å². The monoisotopic (exact) mass is 508 g/mol. The molecule has 2 heterocycles. The molecule has 8 heteroatoms. The minimum absolute atomic E-state index is 0.379. The summed E-state index contributed by atoms with van der Waals surface area (Å²) in [5, 5.41) is 4.00. The molecular weight excluding hydrogens is 495 g/mol. The number of carbonyl (C=O) groups is 1. The van der Waals surface area contributed by atoms with E-state index in [2.05, 4.69) is 10.3 Å². The maximum atomic E-state index is 12.5. The third kappa shape index (κ3) is 4.59. The van der Waals surface area contributed by atoms with Crippen molar-refractivity contribution in [1.29, 1.82) is 0 Å². The Kier molecular flexibility index (Phi) is 6.16. The third-order valence-corrected chi connectivity index (χ3v) is 6.16. The summed E-state index contributed by atoms with van der Waals surface area (Å²) in [4.78, 5) is 17.0. The van der Waals surface area contributed by atoms with Crippen molar-refractivity contribution < 1.29 is 13.6 Å². The van der Waals surface area contributed by atoms with Gasteiger partial charge in [-0.2, -0.15) is 0 Å². The van der Waals surface area contributed by atoms with Crippen molar-refractivity contribution in [1.82, 2.24) is 4.98 Å². The molecule has 168 valence electrons. The number of hydrogen-bond acceptors (Lipinski definition) is 4. The first kappa shape index (κ1) is 22.3. The van der Waals surface area contributed by atoms with E-state index in [1.807, 2.05) is 24.3 Å². The number of para-hydroxylation sites is 2. The number of aromatic nitrogens is 1. The van der Waals surface area contributed by atoms with Crippen molar-refractivity contribution >= 4 is 63.6 Å². The molecule has 0 aliphatic heterocycles. The topological polar surface area (TPSA) is 68.3 Å². The van der Waals surface area contributed by atoms with Gasteiger partial charge < -0.3 is 14.2 Å². The summed E-state index contributed by atoms with van der Waals surface area (Å²) in [7, 11) is 0. The zero-order chi connectivity index (χ0) is 23.7. The summed E-state index contributed by atoms with van der Waals surface area (Å²) >= 11 is 18.6. The number of rotatable bonds is 5. The highest BCUT2D eigenvalue weighted by atomic mass is 35.5. The highest BCUT2D eigenvalue weighted by Crippen LogP contribution is 2.34. The van der Waals surface area contributed by atoms with E-state index in [-0.39, 0.29) is 5.91 Å². The van der Waals surface area contributed by atoms with Crippen LogP contribution in [0.3, 0.4) is 0 Å². The molecule has 0 unspecified atom stereocenters. The number of nitrogens with zero attached hydrogens (tertiary/aromatic N) is 1. The fourth-order valence-electron chi connectivity index (χ4n) is 3.36. The minimum Gasteiger partial charge on any atom is -0.457 e. The summed E-state index contributed by atoms with van der Waals surface area (Å²) in [6, 6.07) is 21.4. The number of fused-ring (bicyclic) bond motifs is 1. The molecule has 1 N–H and O–H groups in total. The number of halogens is 3. The number of furan rings is 1. The van der Waals surface area contributed by atoms with Gasteiger partial charge in [0.05, 0.1) is 20.8 Å². The second-order valence-electron chi connectivity index (χ2n) is 7.31. The normalized spacial score (nSPS) is 11.4. The smallest absolute Gasteiger partial charge is 0.248 e. The van der Waals surface area contributed by atoms with Crippen LogP contribution in [0.2, 0.25) is 15.1 Å². The molecule has 2 aromatic heterocycles. The van der Waals surface area contributed by atoms with Gasteiger partial charge in [0.1, 0.15) is 17.0 Å². The second kappa shape index (κ2) is 9.39. The van der Waals surface area contributed by atoms with Gasteiger partial charge in [-0.1, -0.05) is 53.0 Å². The zero-order valence-electron chi connectivity index (χ0n) is 17.4. The Balaban J connectivity index is 1.32. The Morgan fingerprint density at radius 2 is 1.74 bits per heavy atom. The molecule has 1 amide bonds. The van der Waals surface area contributed by atoms with Crippen LogP contribution in [0.15, 0.2) is 87.7 Å². The number of benzene rings is 3. The quantitative estimate of drug-likeness (QED) is 0.242. The predicted molar refractivity (Wildman–Crippen MR) is 136 cm³/mol. The predicted octanol–water partition coefficient (Wildman–Crippen LogP) is 8.37. The van der Waals surface area contributed by atoms with E-state index in [0.29, 0.717) is 54.9 Å². The lowest BCUT2D eigenvalue weighted by atomic mass is 10.2. The molecule has 0 saturated carbocycles. The summed E-state index contributed by atoms with van der Waals surface area (Å²) in [5.41, 5.74) is 3.22. The highest BCUT2D eigenvalue weighted by molar-refractivity contribution is 6.43. The highest BCUT2D eigenvalue weighted by Gasteiger charge is 2.13. The van der Waals surface area contributed by atoms with Crippen molar-refractivity contribution in [2.24, 2.45) is 0 Å². The van der Waals surface area contributed by atoms with Crippen molar-refractivity contribution in [3.8, 4) is 22.8 Å². The summed E-state index contributed by atoms with van der Waals surface area (Å²) in [5.74, 6) is 1.08. The Morgan fingerprint density at radius 3 is 2.59 bits per heavy atom. The van der Waals surface area contributed by atoms with Crippen LogP contribution in [-0.2, 0) is 4.79 Å². The minimum atomic E-state index is -0.379. The standard InChI is InChI=1S/C26H15Cl3N2O3/c27-18-11-8-15(26-31-20-6-1-2-7-23(20)34-26)14-21(18)30-24(32)13-10-16-9-12-22(33-16)17-4-3-5-19(28)25(17)29/h1-14H,(H,30,32). The van der Waals surface area contributed by atoms with E-state index in [1.54, 1.807) is 54.6 Å². The molecular formula is C26H15Cl3N2O3. The molecule has 5 rings (SSSR count). The van der Waals surface area contributed by atoms with Gasteiger partial charge in [-0.05, 0) is 60.7 Å². The lowest BCUT2D eigenvalue weighted by Crippen LogP contribution is -2.08.